The van der Waals surface area contributed by atoms with Gasteiger partial charge in [0.25, 0.3) is 0 Å². The molecule has 0 radical (unpaired) electrons. The van der Waals surface area contributed by atoms with E-state index in [0.717, 1.165) is 25.2 Å². The number of aromatic nitrogens is 3. The van der Waals surface area contributed by atoms with Crippen LogP contribution in [0.15, 0.2) is 6.33 Å². The van der Waals surface area contributed by atoms with Crippen LogP contribution in [0, 0.1) is 17.8 Å². The number of rotatable bonds is 4. The Morgan fingerprint density at radius 3 is 2.89 bits per heavy atom. The van der Waals surface area contributed by atoms with Gasteiger partial charge in [-0.25, -0.2) is 9.67 Å². The van der Waals surface area contributed by atoms with Gasteiger partial charge in [-0.1, -0.05) is 40.5 Å². The maximum Gasteiger partial charge on any atom is 0.138 e. The standard InChI is InChI=1S/C15H28N4/c1-11(2)9-19-14(17-10-18-19)8-15(16)7-5-6-12(3)13(15)4/h10-13H,5-9,16H2,1-4H3. The largest absolute Gasteiger partial charge is 0.324 e. The molecule has 3 unspecified atom stereocenters. The second-order valence-corrected chi connectivity index (χ2v) is 6.82. The van der Waals surface area contributed by atoms with Crippen molar-refractivity contribution in [2.24, 2.45) is 23.5 Å². The Kier molecular flexibility index (Phi) is 4.29. The summed E-state index contributed by atoms with van der Waals surface area (Å²) in [4.78, 5) is 4.44. The predicted octanol–water partition coefficient (Wildman–Crippen LogP) is 2.63. The van der Waals surface area contributed by atoms with Crippen LogP contribution in [-0.4, -0.2) is 20.3 Å². The molecule has 1 heterocycles. The second kappa shape index (κ2) is 5.61. The third kappa shape index (κ3) is 3.16. The number of nitrogens with zero attached hydrogens (tertiary/aromatic N) is 3. The summed E-state index contributed by atoms with van der Waals surface area (Å²) < 4.78 is 2.03. The molecule has 1 aliphatic rings. The predicted molar refractivity (Wildman–Crippen MR) is 77.7 cm³/mol. The third-order valence-electron chi connectivity index (χ3n) is 4.78. The zero-order valence-corrected chi connectivity index (χ0v) is 12.8. The van der Waals surface area contributed by atoms with Crippen molar-refractivity contribution in [1.82, 2.24) is 14.8 Å². The van der Waals surface area contributed by atoms with Gasteiger partial charge in [-0.05, 0) is 24.2 Å². The van der Waals surface area contributed by atoms with Gasteiger partial charge in [0.05, 0.1) is 0 Å². The van der Waals surface area contributed by atoms with Crippen LogP contribution in [0.1, 0.15) is 52.8 Å². The Hall–Kier alpha value is -0.900. The molecular weight excluding hydrogens is 236 g/mol. The maximum absolute atomic E-state index is 6.70. The number of hydrogen-bond acceptors (Lipinski definition) is 3. The summed E-state index contributed by atoms with van der Waals surface area (Å²) in [7, 11) is 0. The van der Waals surface area contributed by atoms with E-state index in [9.17, 15) is 0 Å². The normalized spacial score (nSPS) is 31.9. The molecule has 3 atom stereocenters. The number of hydrogen-bond donors (Lipinski definition) is 1. The zero-order valence-electron chi connectivity index (χ0n) is 12.8. The van der Waals surface area contributed by atoms with Crippen molar-refractivity contribution in [3.63, 3.8) is 0 Å². The first kappa shape index (κ1) is 14.5. The van der Waals surface area contributed by atoms with Gasteiger partial charge in [-0.3, -0.25) is 0 Å². The van der Waals surface area contributed by atoms with E-state index in [2.05, 4.69) is 37.8 Å². The molecular formula is C15H28N4. The molecule has 0 aliphatic heterocycles. The molecule has 0 saturated heterocycles. The molecule has 2 rings (SSSR count). The highest BCUT2D eigenvalue weighted by Crippen LogP contribution is 2.37. The quantitative estimate of drug-likeness (QED) is 0.909. The Labute approximate surface area is 116 Å². The first-order chi connectivity index (χ1) is 8.92. The van der Waals surface area contributed by atoms with Crippen LogP contribution in [-0.2, 0) is 13.0 Å². The lowest BCUT2D eigenvalue weighted by atomic mass is 9.67. The van der Waals surface area contributed by atoms with Crippen LogP contribution in [0.4, 0.5) is 0 Å². The van der Waals surface area contributed by atoms with Gasteiger partial charge in [0.2, 0.25) is 0 Å². The molecule has 0 bridgehead atoms. The summed E-state index contributed by atoms with van der Waals surface area (Å²) in [5.74, 6) is 2.89. The van der Waals surface area contributed by atoms with E-state index >= 15 is 0 Å². The average Bonchev–Trinajstić information content (AvgIpc) is 2.72. The molecule has 0 amide bonds. The topological polar surface area (TPSA) is 56.7 Å². The van der Waals surface area contributed by atoms with E-state index in [-0.39, 0.29) is 5.54 Å². The van der Waals surface area contributed by atoms with E-state index in [1.54, 1.807) is 6.33 Å². The van der Waals surface area contributed by atoms with Crippen LogP contribution >= 0.6 is 0 Å². The fraction of sp³-hybridized carbons (Fsp3) is 0.867. The van der Waals surface area contributed by atoms with Crippen LogP contribution in [0.25, 0.3) is 0 Å². The molecule has 2 N–H and O–H groups in total. The summed E-state index contributed by atoms with van der Waals surface area (Å²) >= 11 is 0. The molecule has 4 nitrogen and oxygen atoms in total. The summed E-state index contributed by atoms with van der Waals surface area (Å²) in [5, 5.41) is 4.35. The van der Waals surface area contributed by atoms with Gasteiger partial charge in [0.1, 0.15) is 12.2 Å². The van der Waals surface area contributed by atoms with Crippen molar-refractivity contribution in [1.29, 1.82) is 0 Å². The first-order valence-corrected chi connectivity index (χ1v) is 7.58. The molecule has 1 aliphatic carbocycles. The summed E-state index contributed by atoms with van der Waals surface area (Å²) in [5.41, 5.74) is 6.59. The zero-order chi connectivity index (χ0) is 14.0. The van der Waals surface area contributed by atoms with Gasteiger partial charge in [0.15, 0.2) is 0 Å². The SMILES string of the molecule is CC(C)Cn1ncnc1CC1(N)CCCC(C)C1C. The van der Waals surface area contributed by atoms with Gasteiger partial charge in [-0.15, -0.1) is 0 Å². The van der Waals surface area contributed by atoms with E-state index in [1.807, 2.05) is 4.68 Å². The summed E-state index contributed by atoms with van der Waals surface area (Å²) in [6.45, 7) is 9.95. The minimum atomic E-state index is -0.112. The lowest BCUT2D eigenvalue weighted by Gasteiger charge is -2.43. The molecule has 1 fully saturated rings. The molecule has 4 heteroatoms. The molecule has 19 heavy (non-hydrogen) atoms. The Balaban J connectivity index is 2.13. The van der Waals surface area contributed by atoms with Crippen molar-refractivity contribution in [3.8, 4) is 0 Å². The second-order valence-electron chi connectivity index (χ2n) is 6.82. The molecule has 1 aromatic heterocycles. The van der Waals surface area contributed by atoms with Gasteiger partial charge >= 0.3 is 0 Å². The van der Waals surface area contributed by atoms with E-state index in [0.29, 0.717) is 17.8 Å². The van der Waals surface area contributed by atoms with E-state index in [1.165, 1.54) is 12.8 Å². The highest BCUT2D eigenvalue weighted by molar-refractivity contribution is 5.03. The van der Waals surface area contributed by atoms with Gasteiger partial charge < -0.3 is 5.73 Å². The van der Waals surface area contributed by atoms with Crippen molar-refractivity contribution >= 4 is 0 Å². The molecule has 1 aromatic rings. The highest BCUT2D eigenvalue weighted by Gasteiger charge is 2.39. The van der Waals surface area contributed by atoms with Crippen LogP contribution in [0.2, 0.25) is 0 Å². The lowest BCUT2D eigenvalue weighted by Crippen LogP contribution is -2.53. The summed E-state index contributed by atoms with van der Waals surface area (Å²) in [6, 6.07) is 0. The van der Waals surface area contributed by atoms with Crippen LogP contribution in [0.5, 0.6) is 0 Å². The first-order valence-electron chi connectivity index (χ1n) is 7.58. The van der Waals surface area contributed by atoms with E-state index < -0.39 is 0 Å². The Morgan fingerprint density at radius 1 is 1.47 bits per heavy atom. The monoisotopic (exact) mass is 264 g/mol. The molecule has 108 valence electrons. The fourth-order valence-corrected chi connectivity index (χ4v) is 3.26. The van der Waals surface area contributed by atoms with Crippen molar-refractivity contribution in [3.05, 3.63) is 12.2 Å². The summed E-state index contributed by atoms with van der Waals surface area (Å²) in [6.07, 6.45) is 6.16. The van der Waals surface area contributed by atoms with Crippen molar-refractivity contribution in [2.75, 3.05) is 0 Å². The average molecular weight is 264 g/mol. The smallest absolute Gasteiger partial charge is 0.138 e. The Morgan fingerprint density at radius 2 is 2.21 bits per heavy atom. The maximum atomic E-state index is 6.70. The third-order valence-corrected chi connectivity index (χ3v) is 4.78. The van der Waals surface area contributed by atoms with Crippen molar-refractivity contribution < 1.29 is 0 Å². The van der Waals surface area contributed by atoms with E-state index in [4.69, 9.17) is 5.73 Å². The molecule has 0 spiro atoms. The number of nitrogens with two attached hydrogens (primary N) is 1. The van der Waals surface area contributed by atoms with Crippen LogP contribution in [0.3, 0.4) is 0 Å². The van der Waals surface area contributed by atoms with Gasteiger partial charge in [-0.2, -0.15) is 5.10 Å². The fourth-order valence-electron chi connectivity index (χ4n) is 3.26. The van der Waals surface area contributed by atoms with Crippen LogP contribution < -0.4 is 5.73 Å². The van der Waals surface area contributed by atoms with Crippen molar-refractivity contribution in [2.45, 2.75) is 65.5 Å². The highest BCUT2D eigenvalue weighted by atomic mass is 15.3. The Bertz CT molecular complexity index is 412. The minimum Gasteiger partial charge on any atom is -0.324 e. The molecule has 1 saturated carbocycles. The lowest BCUT2D eigenvalue weighted by molar-refractivity contribution is 0.140. The van der Waals surface area contributed by atoms with Gasteiger partial charge in [0, 0.05) is 18.5 Å². The molecule has 0 aromatic carbocycles. The minimum absolute atomic E-state index is 0.112.